The fraction of sp³-hybridized carbons (Fsp3) is 0.333. The van der Waals surface area contributed by atoms with Gasteiger partial charge in [0.15, 0.2) is 0 Å². The Morgan fingerprint density at radius 1 is 1.08 bits per heavy atom. The van der Waals surface area contributed by atoms with Crippen LogP contribution in [-0.2, 0) is 21.4 Å². The Morgan fingerprint density at radius 3 is 2.20 bits per heavy atom. The van der Waals surface area contributed by atoms with Gasteiger partial charge in [0.1, 0.15) is 6.04 Å². The average Bonchev–Trinajstić information content (AvgIpc) is 3.36. The molecule has 2 aromatic carbocycles. The molecule has 2 aromatic rings. The summed E-state index contributed by atoms with van der Waals surface area (Å²) in [6.07, 6.45) is 1.81. The first kappa shape index (κ1) is 17.2. The number of nitrogens with one attached hydrogen (secondary N) is 1. The molecule has 1 fully saturated rings. The smallest absolute Gasteiger partial charge is 0.326 e. The number of hydrogen-bond donors (Lipinski definition) is 2. The molecule has 0 aliphatic heterocycles. The average molecular weight is 337 g/mol. The van der Waals surface area contributed by atoms with Gasteiger partial charge in [0.05, 0.1) is 5.41 Å². The standard InChI is InChI=1S/C21H23NO3/c1-14-10-15(2)12-17(11-14)21(8-9-21)20(25)22-18(19(23)24)13-16-6-4-3-5-7-16/h3-7,10-12,18H,8-9,13H2,1-2H3,(H,22,25)(H,23,24). The second kappa shape index (κ2) is 6.71. The first-order chi connectivity index (χ1) is 11.9. The minimum Gasteiger partial charge on any atom is -0.480 e. The highest BCUT2D eigenvalue weighted by atomic mass is 16.4. The molecule has 1 aliphatic carbocycles. The predicted octanol–water partition coefficient (Wildman–Crippen LogP) is 3.15. The van der Waals surface area contributed by atoms with Crippen LogP contribution in [-0.4, -0.2) is 23.0 Å². The molecule has 1 atom stereocenters. The molecule has 2 N–H and O–H groups in total. The van der Waals surface area contributed by atoms with Crippen LogP contribution in [0.25, 0.3) is 0 Å². The van der Waals surface area contributed by atoms with Gasteiger partial charge in [0.25, 0.3) is 0 Å². The molecule has 1 amide bonds. The fourth-order valence-electron chi connectivity index (χ4n) is 3.37. The molecule has 1 unspecified atom stereocenters. The number of rotatable bonds is 6. The zero-order chi connectivity index (χ0) is 18.0. The molecule has 0 aromatic heterocycles. The number of amides is 1. The van der Waals surface area contributed by atoms with E-state index in [-0.39, 0.29) is 12.3 Å². The van der Waals surface area contributed by atoms with E-state index in [0.717, 1.165) is 35.1 Å². The van der Waals surface area contributed by atoms with Crippen molar-refractivity contribution in [3.63, 3.8) is 0 Å². The predicted molar refractivity (Wildman–Crippen MR) is 96.5 cm³/mol. The van der Waals surface area contributed by atoms with E-state index in [0.29, 0.717) is 0 Å². The lowest BCUT2D eigenvalue weighted by atomic mass is 9.91. The molecule has 0 spiro atoms. The van der Waals surface area contributed by atoms with E-state index >= 15 is 0 Å². The zero-order valence-corrected chi connectivity index (χ0v) is 14.6. The van der Waals surface area contributed by atoms with Crippen molar-refractivity contribution < 1.29 is 14.7 Å². The van der Waals surface area contributed by atoms with Crippen molar-refractivity contribution in [3.05, 3.63) is 70.8 Å². The van der Waals surface area contributed by atoms with Crippen LogP contribution in [0.4, 0.5) is 0 Å². The summed E-state index contributed by atoms with van der Waals surface area (Å²) >= 11 is 0. The number of carbonyl (C=O) groups is 2. The van der Waals surface area contributed by atoms with Crippen LogP contribution in [0.5, 0.6) is 0 Å². The van der Waals surface area contributed by atoms with Gasteiger partial charge in [-0.2, -0.15) is 0 Å². The van der Waals surface area contributed by atoms with E-state index in [1.807, 2.05) is 56.3 Å². The molecule has 130 valence electrons. The maximum absolute atomic E-state index is 12.9. The Hall–Kier alpha value is -2.62. The third-order valence-electron chi connectivity index (χ3n) is 4.84. The summed E-state index contributed by atoms with van der Waals surface area (Å²) in [5.74, 6) is -1.19. The number of carbonyl (C=O) groups excluding carboxylic acids is 1. The number of aryl methyl sites for hydroxylation is 2. The number of aliphatic carboxylic acids is 1. The Balaban J connectivity index is 1.78. The third-order valence-corrected chi connectivity index (χ3v) is 4.84. The highest BCUT2D eigenvalue weighted by Gasteiger charge is 2.52. The molecule has 1 saturated carbocycles. The number of hydrogen-bond acceptors (Lipinski definition) is 2. The maximum Gasteiger partial charge on any atom is 0.326 e. The fourth-order valence-corrected chi connectivity index (χ4v) is 3.37. The first-order valence-corrected chi connectivity index (χ1v) is 8.57. The van der Waals surface area contributed by atoms with Gasteiger partial charge in [-0.05, 0) is 37.8 Å². The van der Waals surface area contributed by atoms with Crippen molar-refractivity contribution in [2.75, 3.05) is 0 Å². The molecular weight excluding hydrogens is 314 g/mol. The summed E-state index contributed by atoms with van der Waals surface area (Å²) in [4.78, 5) is 24.5. The van der Waals surface area contributed by atoms with Gasteiger partial charge in [-0.3, -0.25) is 4.79 Å². The molecule has 0 saturated heterocycles. The van der Waals surface area contributed by atoms with E-state index in [1.165, 1.54) is 0 Å². The lowest BCUT2D eigenvalue weighted by molar-refractivity contribution is -0.142. The van der Waals surface area contributed by atoms with E-state index in [4.69, 9.17) is 0 Å². The molecule has 25 heavy (non-hydrogen) atoms. The molecule has 0 bridgehead atoms. The van der Waals surface area contributed by atoms with Crippen LogP contribution in [0.3, 0.4) is 0 Å². The van der Waals surface area contributed by atoms with Crippen molar-refractivity contribution in [2.45, 2.75) is 44.6 Å². The van der Waals surface area contributed by atoms with Crippen LogP contribution in [0, 0.1) is 13.8 Å². The second-order valence-corrected chi connectivity index (χ2v) is 7.01. The number of carboxylic acids is 1. The molecular formula is C21H23NO3. The van der Waals surface area contributed by atoms with Crippen molar-refractivity contribution in [2.24, 2.45) is 0 Å². The highest BCUT2D eigenvalue weighted by molar-refractivity contribution is 5.94. The van der Waals surface area contributed by atoms with E-state index in [1.54, 1.807) is 0 Å². The summed E-state index contributed by atoms with van der Waals surface area (Å²) in [5.41, 5.74) is 3.56. The largest absolute Gasteiger partial charge is 0.480 e. The van der Waals surface area contributed by atoms with E-state index in [2.05, 4.69) is 11.4 Å². The van der Waals surface area contributed by atoms with Crippen molar-refractivity contribution >= 4 is 11.9 Å². The maximum atomic E-state index is 12.9. The van der Waals surface area contributed by atoms with Crippen molar-refractivity contribution in [3.8, 4) is 0 Å². The summed E-state index contributed by atoms with van der Waals surface area (Å²) in [5, 5.41) is 12.3. The topological polar surface area (TPSA) is 66.4 Å². The summed E-state index contributed by atoms with van der Waals surface area (Å²) < 4.78 is 0. The normalized spacial score (nSPS) is 16.1. The highest BCUT2D eigenvalue weighted by Crippen LogP contribution is 2.49. The van der Waals surface area contributed by atoms with Crippen molar-refractivity contribution in [1.82, 2.24) is 5.32 Å². The minimum atomic E-state index is -1.01. The van der Waals surface area contributed by atoms with Crippen LogP contribution >= 0.6 is 0 Å². The van der Waals surface area contributed by atoms with Gasteiger partial charge >= 0.3 is 5.97 Å². The van der Waals surface area contributed by atoms with E-state index < -0.39 is 17.4 Å². The zero-order valence-electron chi connectivity index (χ0n) is 14.6. The van der Waals surface area contributed by atoms with Gasteiger partial charge < -0.3 is 10.4 Å². The van der Waals surface area contributed by atoms with Crippen molar-refractivity contribution in [1.29, 1.82) is 0 Å². The van der Waals surface area contributed by atoms with Gasteiger partial charge in [0.2, 0.25) is 5.91 Å². The van der Waals surface area contributed by atoms with Gasteiger partial charge in [-0.25, -0.2) is 4.79 Å². The SMILES string of the molecule is Cc1cc(C)cc(C2(C(=O)NC(Cc3ccccc3)C(=O)O)CC2)c1. The molecule has 0 heterocycles. The second-order valence-electron chi connectivity index (χ2n) is 7.01. The molecule has 4 heteroatoms. The Morgan fingerprint density at radius 2 is 1.68 bits per heavy atom. The van der Waals surface area contributed by atoms with Crippen LogP contribution in [0.1, 0.15) is 35.1 Å². The lowest BCUT2D eigenvalue weighted by Gasteiger charge is -2.21. The monoisotopic (exact) mass is 337 g/mol. The Kier molecular flexibility index (Phi) is 4.62. The van der Waals surface area contributed by atoms with Gasteiger partial charge in [-0.1, -0.05) is 59.7 Å². The van der Waals surface area contributed by atoms with Crippen LogP contribution in [0.2, 0.25) is 0 Å². The quantitative estimate of drug-likeness (QED) is 0.851. The summed E-state index contributed by atoms with van der Waals surface area (Å²) in [6.45, 7) is 4.03. The van der Waals surface area contributed by atoms with Gasteiger partial charge in [0, 0.05) is 6.42 Å². The third kappa shape index (κ3) is 3.73. The lowest BCUT2D eigenvalue weighted by Crippen LogP contribution is -2.46. The number of benzene rings is 2. The Labute approximate surface area is 147 Å². The molecule has 0 radical (unpaired) electrons. The molecule has 1 aliphatic rings. The summed E-state index contributed by atoms with van der Waals surface area (Å²) in [6, 6.07) is 14.6. The summed E-state index contributed by atoms with van der Waals surface area (Å²) in [7, 11) is 0. The van der Waals surface area contributed by atoms with E-state index in [9.17, 15) is 14.7 Å². The minimum absolute atomic E-state index is 0.180. The van der Waals surface area contributed by atoms with Crippen LogP contribution < -0.4 is 5.32 Å². The Bertz CT molecular complexity index is 774. The molecule has 3 rings (SSSR count). The number of carboxylic acid groups (broad SMARTS) is 1. The van der Waals surface area contributed by atoms with Gasteiger partial charge in [-0.15, -0.1) is 0 Å². The van der Waals surface area contributed by atoms with Crippen LogP contribution in [0.15, 0.2) is 48.5 Å². The first-order valence-electron chi connectivity index (χ1n) is 8.57. The molecule has 4 nitrogen and oxygen atoms in total.